The molecule has 1 N–H and O–H groups in total. The third-order valence-corrected chi connectivity index (χ3v) is 3.89. The zero-order chi connectivity index (χ0) is 13.7. The monoisotopic (exact) mass is 262 g/mol. The molecule has 0 radical (unpaired) electrons. The number of nitrogens with zero attached hydrogens (tertiary/aromatic N) is 1. The second-order valence-electron chi connectivity index (χ2n) is 5.63. The zero-order valence-electron chi connectivity index (χ0n) is 12.4. The van der Waals surface area contributed by atoms with E-state index in [9.17, 15) is 0 Å². The van der Waals surface area contributed by atoms with E-state index in [1.54, 1.807) is 0 Å². The van der Waals surface area contributed by atoms with Gasteiger partial charge in [0.1, 0.15) is 5.75 Å². The van der Waals surface area contributed by atoms with Gasteiger partial charge < -0.3 is 15.0 Å². The molecule has 1 aliphatic rings. The highest BCUT2D eigenvalue weighted by molar-refractivity contribution is 5.29. The second kappa shape index (κ2) is 6.92. The first-order chi connectivity index (χ1) is 9.20. The maximum absolute atomic E-state index is 6.00. The Hall–Kier alpha value is -1.06. The molecule has 0 amide bonds. The highest BCUT2D eigenvalue weighted by Crippen LogP contribution is 2.26. The van der Waals surface area contributed by atoms with E-state index < -0.39 is 0 Å². The maximum Gasteiger partial charge on any atom is 0.119 e. The molecular formula is C16H26N2O. The quantitative estimate of drug-likeness (QED) is 0.853. The van der Waals surface area contributed by atoms with Crippen molar-refractivity contribution in [3.8, 4) is 5.75 Å². The van der Waals surface area contributed by atoms with Gasteiger partial charge in [-0.1, -0.05) is 12.1 Å². The Kier molecular flexibility index (Phi) is 5.23. The molecule has 2 rings (SSSR count). The van der Waals surface area contributed by atoms with Crippen molar-refractivity contribution < 1.29 is 4.74 Å². The fourth-order valence-electron chi connectivity index (χ4n) is 2.76. The van der Waals surface area contributed by atoms with Crippen LogP contribution in [0.3, 0.4) is 0 Å². The molecule has 19 heavy (non-hydrogen) atoms. The van der Waals surface area contributed by atoms with Gasteiger partial charge in [0.05, 0.1) is 6.10 Å². The van der Waals surface area contributed by atoms with Crippen molar-refractivity contribution >= 4 is 0 Å². The van der Waals surface area contributed by atoms with Gasteiger partial charge in [-0.2, -0.15) is 0 Å². The minimum absolute atomic E-state index is 0.408. The molecule has 1 aromatic carbocycles. The van der Waals surface area contributed by atoms with Crippen molar-refractivity contribution in [2.45, 2.75) is 37.8 Å². The van der Waals surface area contributed by atoms with Crippen LogP contribution >= 0.6 is 0 Å². The highest BCUT2D eigenvalue weighted by Gasteiger charge is 2.17. The van der Waals surface area contributed by atoms with Crippen LogP contribution in [-0.4, -0.2) is 38.7 Å². The fraction of sp³-hybridized carbons (Fsp3) is 0.625. The van der Waals surface area contributed by atoms with E-state index in [2.05, 4.69) is 48.6 Å². The SMILES string of the molecule is CNCC(c1ccc(OC2CCCC2)cc1)N(C)C. The lowest BCUT2D eigenvalue weighted by Crippen LogP contribution is -2.29. The van der Waals surface area contributed by atoms with Crippen molar-refractivity contribution in [3.05, 3.63) is 29.8 Å². The van der Waals surface area contributed by atoms with Crippen LogP contribution in [0.1, 0.15) is 37.3 Å². The van der Waals surface area contributed by atoms with Crippen LogP contribution in [0.25, 0.3) is 0 Å². The van der Waals surface area contributed by atoms with Crippen LogP contribution in [0.15, 0.2) is 24.3 Å². The minimum atomic E-state index is 0.408. The average Bonchev–Trinajstić information content (AvgIpc) is 2.90. The lowest BCUT2D eigenvalue weighted by Gasteiger charge is -2.24. The fourth-order valence-corrected chi connectivity index (χ4v) is 2.76. The summed E-state index contributed by atoms with van der Waals surface area (Å²) in [5.41, 5.74) is 1.33. The molecule has 1 fully saturated rings. The van der Waals surface area contributed by atoms with Crippen molar-refractivity contribution in [1.82, 2.24) is 10.2 Å². The van der Waals surface area contributed by atoms with E-state index in [-0.39, 0.29) is 0 Å². The molecule has 106 valence electrons. The average molecular weight is 262 g/mol. The van der Waals surface area contributed by atoms with Crippen molar-refractivity contribution in [2.75, 3.05) is 27.7 Å². The Morgan fingerprint density at radius 1 is 1.21 bits per heavy atom. The van der Waals surface area contributed by atoms with Gasteiger partial charge in [-0.15, -0.1) is 0 Å². The summed E-state index contributed by atoms with van der Waals surface area (Å²) in [6.07, 6.45) is 5.48. The van der Waals surface area contributed by atoms with Gasteiger partial charge in [-0.25, -0.2) is 0 Å². The molecule has 3 nitrogen and oxygen atoms in total. The largest absolute Gasteiger partial charge is 0.490 e. The molecule has 0 bridgehead atoms. The van der Waals surface area contributed by atoms with E-state index in [1.807, 2.05) is 7.05 Å². The van der Waals surface area contributed by atoms with Gasteiger partial charge in [0.25, 0.3) is 0 Å². The molecular weight excluding hydrogens is 236 g/mol. The van der Waals surface area contributed by atoms with Crippen LogP contribution in [0.2, 0.25) is 0 Å². The summed E-state index contributed by atoms with van der Waals surface area (Å²) in [6.45, 7) is 0.954. The maximum atomic E-state index is 6.00. The molecule has 0 aromatic heterocycles. The van der Waals surface area contributed by atoms with Crippen LogP contribution < -0.4 is 10.1 Å². The molecule has 1 aromatic rings. The molecule has 1 saturated carbocycles. The van der Waals surface area contributed by atoms with Crippen molar-refractivity contribution in [2.24, 2.45) is 0 Å². The Labute approximate surface area is 116 Å². The molecule has 1 aliphatic carbocycles. The van der Waals surface area contributed by atoms with Gasteiger partial charge >= 0.3 is 0 Å². The summed E-state index contributed by atoms with van der Waals surface area (Å²) in [5.74, 6) is 1.01. The Balaban J connectivity index is 1.99. The van der Waals surface area contributed by atoms with Crippen LogP contribution in [0.5, 0.6) is 5.75 Å². The predicted molar refractivity (Wildman–Crippen MR) is 79.7 cm³/mol. The smallest absolute Gasteiger partial charge is 0.119 e. The number of hydrogen-bond donors (Lipinski definition) is 1. The van der Waals surface area contributed by atoms with Crippen molar-refractivity contribution in [3.63, 3.8) is 0 Å². The van der Waals surface area contributed by atoms with Gasteiger partial charge in [0.15, 0.2) is 0 Å². The summed E-state index contributed by atoms with van der Waals surface area (Å²) in [4.78, 5) is 2.24. The van der Waals surface area contributed by atoms with Gasteiger partial charge in [0, 0.05) is 12.6 Å². The molecule has 0 heterocycles. The van der Waals surface area contributed by atoms with Crippen molar-refractivity contribution in [1.29, 1.82) is 0 Å². The Bertz CT molecular complexity index is 369. The molecule has 1 atom stereocenters. The second-order valence-corrected chi connectivity index (χ2v) is 5.63. The van der Waals surface area contributed by atoms with E-state index in [0.29, 0.717) is 12.1 Å². The summed E-state index contributed by atoms with van der Waals surface area (Å²) in [5, 5.41) is 3.25. The molecule has 0 aliphatic heterocycles. The standard InChI is InChI=1S/C16H26N2O/c1-17-12-16(18(2)3)13-8-10-15(11-9-13)19-14-6-4-5-7-14/h8-11,14,16-17H,4-7,12H2,1-3H3. The van der Waals surface area contributed by atoms with E-state index >= 15 is 0 Å². The molecule has 3 heteroatoms. The zero-order valence-corrected chi connectivity index (χ0v) is 12.4. The van der Waals surface area contributed by atoms with Gasteiger partial charge in [-0.05, 0) is 64.5 Å². The third kappa shape index (κ3) is 3.95. The Morgan fingerprint density at radius 2 is 1.84 bits per heavy atom. The van der Waals surface area contributed by atoms with E-state index in [1.165, 1.54) is 31.2 Å². The first kappa shape index (κ1) is 14.4. The Morgan fingerprint density at radius 3 is 2.37 bits per heavy atom. The molecule has 0 saturated heterocycles. The number of nitrogens with one attached hydrogen (secondary N) is 1. The summed E-state index contributed by atoms with van der Waals surface area (Å²) in [6, 6.07) is 9.00. The number of ether oxygens (including phenoxy) is 1. The topological polar surface area (TPSA) is 24.5 Å². The van der Waals surface area contributed by atoms with Gasteiger partial charge in [0.2, 0.25) is 0 Å². The molecule has 1 unspecified atom stereocenters. The minimum Gasteiger partial charge on any atom is -0.490 e. The lowest BCUT2D eigenvalue weighted by molar-refractivity contribution is 0.210. The van der Waals surface area contributed by atoms with E-state index in [0.717, 1.165) is 12.3 Å². The first-order valence-corrected chi connectivity index (χ1v) is 7.28. The van der Waals surface area contributed by atoms with Gasteiger partial charge in [-0.3, -0.25) is 0 Å². The highest BCUT2D eigenvalue weighted by atomic mass is 16.5. The summed E-state index contributed by atoms with van der Waals surface area (Å²) < 4.78 is 6.00. The number of rotatable bonds is 6. The number of likely N-dealkylation sites (N-methyl/N-ethyl adjacent to an activating group) is 2. The predicted octanol–water partition coefficient (Wildman–Crippen LogP) is 2.83. The number of hydrogen-bond acceptors (Lipinski definition) is 3. The third-order valence-electron chi connectivity index (χ3n) is 3.89. The number of benzene rings is 1. The lowest BCUT2D eigenvalue weighted by atomic mass is 10.1. The van der Waals surface area contributed by atoms with E-state index in [4.69, 9.17) is 4.74 Å². The summed E-state index contributed by atoms with van der Waals surface area (Å²) in [7, 11) is 6.23. The molecule has 0 spiro atoms. The van der Waals surface area contributed by atoms with Crippen LogP contribution in [0.4, 0.5) is 0 Å². The summed E-state index contributed by atoms with van der Waals surface area (Å²) >= 11 is 0. The van der Waals surface area contributed by atoms with Crippen LogP contribution in [0, 0.1) is 0 Å². The normalized spacial score (nSPS) is 17.9. The van der Waals surface area contributed by atoms with Crippen LogP contribution in [-0.2, 0) is 0 Å². The first-order valence-electron chi connectivity index (χ1n) is 7.28.